The van der Waals surface area contributed by atoms with Crippen LogP contribution in [0, 0.1) is 11.8 Å². The number of nitrogens with two attached hydrogens (primary N) is 1. The first kappa shape index (κ1) is 42.6. The van der Waals surface area contributed by atoms with Crippen molar-refractivity contribution < 1.29 is 28.5 Å². The van der Waals surface area contributed by atoms with Gasteiger partial charge in [0.05, 0.1) is 0 Å². The summed E-state index contributed by atoms with van der Waals surface area (Å²) in [5.74, 6) is 0.884. The molecule has 4 atom stereocenters. The first-order valence-corrected chi connectivity index (χ1v) is 14.4. The average molecular weight is 639 g/mol. The van der Waals surface area contributed by atoms with Gasteiger partial charge in [0.15, 0.2) is 0 Å². The van der Waals surface area contributed by atoms with Gasteiger partial charge in [0.2, 0.25) is 0 Å². The maximum atomic E-state index is 12.1. The standard InChI is InChI=1S/C14H26N4O3.C14H28N2O3.2H2S/c1-14(2,3)21-13(19)18(4)12(9-16-17-15)8-11-6-5-7-20-10-11;1-14(2,3)19-13(17)16(4)12(9-15)8-11-6-5-7-18-10-11;;/h11-12H,5-10H2,1-4H3;11-12H,5-10,15H2,1-4H3;2*1H2/t2*11-,12?;;/m11../s1. The van der Waals surface area contributed by atoms with E-state index in [1.54, 1.807) is 19.0 Å². The van der Waals surface area contributed by atoms with E-state index in [-0.39, 0.29) is 51.7 Å². The first-order chi connectivity index (χ1) is 18.7. The molecule has 42 heavy (non-hydrogen) atoms. The molecule has 0 radical (unpaired) electrons. The van der Waals surface area contributed by atoms with Crippen molar-refractivity contribution >= 4 is 39.2 Å². The van der Waals surface area contributed by atoms with Gasteiger partial charge >= 0.3 is 12.2 Å². The summed E-state index contributed by atoms with van der Waals surface area (Å²) in [4.78, 5) is 30.1. The summed E-state index contributed by atoms with van der Waals surface area (Å²) in [6.45, 7) is 14.9. The highest BCUT2D eigenvalue weighted by Gasteiger charge is 2.29. The third-order valence-corrected chi connectivity index (χ3v) is 6.81. The molecule has 2 aliphatic rings. The summed E-state index contributed by atoms with van der Waals surface area (Å²) in [7, 11) is 3.45. The molecule has 2 rings (SSSR count). The molecule has 0 aromatic heterocycles. The lowest BCUT2D eigenvalue weighted by Gasteiger charge is -2.33. The number of hydrogen-bond acceptors (Lipinski definition) is 8. The Morgan fingerprint density at radius 2 is 1.29 bits per heavy atom. The van der Waals surface area contributed by atoms with Crippen molar-refractivity contribution in [1.29, 1.82) is 0 Å². The highest BCUT2D eigenvalue weighted by atomic mass is 32.1. The van der Waals surface area contributed by atoms with Crippen molar-refractivity contribution in [3.05, 3.63) is 10.4 Å². The van der Waals surface area contributed by atoms with Crippen LogP contribution in [0.5, 0.6) is 0 Å². The van der Waals surface area contributed by atoms with Gasteiger partial charge in [0.1, 0.15) is 11.2 Å². The maximum absolute atomic E-state index is 12.1. The number of rotatable bonds is 9. The van der Waals surface area contributed by atoms with Gasteiger partial charge in [0, 0.05) is 70.6 Å². The van der Waals surface area contributed by atoms with Crippen molar-refractivity contribution in [3.63, 3.8) is 0 Å². The molecule has 0 spiro atoms. The smallest absolute Gasteiger partial charge is 0.410 e. The summed E-state index contributed by atoms with van der Waals surface area (Å²) in [5, 5.41) is 3.63. The summed E-state index contributed by atoms with van der Waals surface area (Å²) >= 11 is 0. The van der Waals surface area contributed by atoms with E-state index in [4.69, 9.17) is 30.2 Å². The molecule has 14 heteroatoms. The van der Waals surface area contributed by atoms with E-state index in [0.29, 0.717) is 25.0 Å². The highest BCUT2D eigenvalue weighted by Crippen LogP contribution is 2.23. The van der Waals surface area contributed by atoms with Gasteiger partial charge in [-0.3, -0.25) is 0 Å². The number of amides is 2. The molecule has 2 N–H and O–H groups in total. The van der Waals surface area contributed by atoms with Gasteiger partial charge < -0.3 is 34.5 Å². The van der Waals surface area contributed by atoms with Crippen LogP contribution in [-0.2, 0) is 18.9 Å². The van der Waals surface area contributed by atoms with Crippen LogP contribution >= 0.6 is 27.0 Å². The van der Waals surface area contributed by atoms with Crippen LogP contribution in [0.15, 0.2) is 5.11 Å². The summed E-state index contributed by atoms with van der Waals surface area (Å²) in [6, 6.07) is -0.149. The minimum atomic E-state index is -0.539. The third kappa shape index (κ3) is 18.2. The Balaban J connectivity index is 0. The van der Waals surface area contributed by atoms with Gasteiger partial charge in [0.25, 0.3) is 0 Å². The first-order valence-electron chi connectivity index (χ1n) is 14.4. The van der Waals surface area contributed by atoms with Crippen LogP contribution in [0.1, 0.15) is 80.1 Å². The van der Waals surface area contributed by atoms with Gasteiger partial charge in [-0.1, -0.05) is 5.11 Å². The van der Waals surface area contributed by atoms with E-state index >= 15 is 0 Å². The van der Waals surface area contributed by atoms with Crippen molar-refractivity contribution in [3.8, 4) is 0 Å². The highest BCUT2D eigenvalue weighted by molar-refractivity contribution is 7.59. The van der Waals surface area contributed by atoms with Gasteiger partial charge in [-0.05, 0) is 97.4 Å². The lowest BCUT2D eigenvalue weighted by atomic mass is 9.94. The number of hydrogen-bond donors (Lipinski definition) is 1. The van der Waals surface area contributed by atoms with Crippen molar-refractivity contribution in [2.24, 2.45) is 22.7 Å². The van der Waals surface area contributed by atoms with Crippen LogP contribution in [0.3, 0.4) is 0 Å². The van der Waals surface area contributed by atoms with Crippen LogP contribution in [-0.4, -0.2) is 98.9 Å². The second-order valence-corrected chi connectivity index (χ2v) is 12.8. The maximum Gasteiger partial charge on any atom is 0.410 e. The SMILES string of the molecule is CN(C(=O)OC(C)(C)C)C(CN)C[C@H]1CCCOC1.CN(C(=O)OC(C)(C)C)C(CN=[N+]=[N-])C[C@H]1CCCOC1.S.S. The second kappa shape index (κ2) is 21.2. The Hall–Kier alpha value is -1.57. The van der Waals surface area contributed by atoms with Crippen molar-refractivity contribution in [1.82, 2.24) is 9.80 Å². The number of carbonyl (C=O) groups is 2. The summed E-state index contributed by atoms with van der Waals surface area (Å²) in [6.07, 6.45) is 5.30. The number of carbonyl (C=O) groups excluding carboxylic acids is 2. The molecule has 2 saturated heterocycles. The van der Waals surface area contributed by atoms with Crippen molar-refractivity contribution in [2.45, 2.75) is 103 Å². The molecule has 0 saturated carbocycles. The molecule has 2 aliphatic heterocycles. The minimum absolute atomic E-state index is 0. The third-order valence-electron chi connectivity index (χ3n) is 6.81. The Kier molecular flexibility index (Phi) is 21.5. The molecule has 2 unspecified atom stereocenters. The zero-order valence-corrected chi connectivity index (χ0v) is 29.1. The largest absolute Gasteiger partial charge is 0.444 e. The van der Waals surface area contributed by atoms with Gasteiger partial charge in [-0.15, -0.1) is 0 Å². The van der Waals surface area contributed by atoms with E-state index in [9.17, 15) is 9.59 Å². The van der Waals surface area contributed by atoms with Crippen molar-refractivity contribution in [2.75, 3.05) is 53.6 Å². The molecule has 12 nitrogen and oxygen atoms in total. The lowest BCUT2D eigenvalue weighted by Crippen LogP contribution is -2.45. The summed E-state index contributed by atoms with van der Waals surface area (Å²) < 4.78 is 21.7. The fraction of sp³-hybridized carbons (Fsp3) is 0.929. The van der Waals surface area contributed by atoms with Crippen LogP contribution < -0.4 is 5.73 Å². The Morgan fingerprint density at radius 3 is 1.62 bits per heavy atom. The quantitative estimate of drug-likeness (QED) is 0.197. The molecular formula is C28H58N6O6S2. The van der Waals surface area contributed by atoms with Crippen LogP contribution in [0.25, 0.3) is 10.4 Å². The van der Waals surface area contributed by atoms with E-state index in [2.05, 4.69) is 10.0 Å². The zero-order valence-electron chi connectivity index (χ0n) is 27.1. The van der Waals surface area contributed by atoms with Gasteiger partial charge in [-0.25, -0.2) is 9.59 Å². The summed E-state index contributed by atoms with van der Waals surface area (Å²) in [5.41, 5.74) is 13.3. The number of nitrogens with zero attached hydrogens (tertiary/aromatic N) is 5. The number of ether oxygens (including phenoxy) is 4. The lowest BCUT2D eigenvalue weighted by molar-refractivity contribution is 0.0116. The molecule has 2 heterocycles. The second-order valence-electron chi connectivity index (χ2n) is 12.8. The minimum Gasteiger partial charge on any atom is -0.444 e. The van der Waals surface area contributed by atoms with Crippen LogP contribution in [0.2, 0.25) is 0 Å². The molecule has 0 aliphatic carbocycles. The van der Waals surface area contributed by atoms with E-state index < -0.39 is 17.3 Å². The monoisotopic (exact) mass is 638 g/mol. The van der Waals surface area contributed by atoms with Gasteiger partial charge in [-0.2, -0.15) is 27.0 Å². The predicted octanol–water partition coefficient (Wildman–Crippen LogP) is 5.57. The molecule has 0 aromatic carbocycles. The Labute approximate surface area is 267 Å². The Morgan fingerprint density at radius 1 is 0.881 bits per heavy atom. The average Bonchev–Trinajstić information content (AvgIpc) is 2.88. The predicted molar refractivity (Wildman–Crippen MR) is 176 cm³/mol. The molecular weight excluding hydrogens is 580 g/mol. The topological polar surface area (TPSA) is 152 Å². The Bertz CT molecular complexity index is 808. The molecule has 0 bridgehead atoms. The van der Waals surface area contributed by atoms with E-state index in [1.807, 2.05) is 41.5 Å². The molecule has 2 amide bonds. The molecule has 0 aromatic rings. The van der Waals surface area contributed by atoms with E-state index in [1.165, 1.54) is 4.90 Å². The molecule has 248 valence electrons. The molecule has 2 fully saturated rings. The normalized spacial score (nSPS) is 20.0. The fourth-order valence-corrected chi connectivity index (χ4v) is 4.62. The fourth-order valence-electron chi connectivity index (χ4n) is 4.62. The van der Waals surface area contributed by atoms with E-state index in [0.717, 1.165) is 58.3 Å². The number of likely N-dealkylation sites (N-methyl/N-ethyl adjacent to an activating group) is 2. The number of azide groups is 1. The van der Waals surface area contributed by atoms with Crippen LogP contribution in [0.4, 0.5) is 9.59 Å². The zero-order chi connectivity index (χ0) is 30.3.